The number of rotatable bonds is 9. The van der Waals surface area contributed by atoms with Crippen molar-refractivity contribution in [2.75, 3.05) is 6.61 Å². The maximum atomic E-state index is 13.7. The molecule has 0 aliphatic rings. The number of hydrogen-bond acceptors (Lipinski definition) is 3. The molecule has 1 atom stereocenters. The van der Waals surface area contributed by atoms with Crippen LogP contribution >= 0.6 is 0 Å². The molecule has 0 saturated carbocycles. The molecule has 2 rings (SSSR count). The highest BCUT2D eigenvalue weighted by Gasteiger charge is 2.16. The van der Waals surface area contributed by atoms with Gasteiger partial charge in [-0.15, -0.1) is 0 Å². The second kappa shape index (κ2) is 9.56. The fraction of sp³-hybridized carbons (Fsp3) is 0.300. The van der Waals surface area contributed by atoms with Gasteiger partial charge < -0.3 is 15.2 Å². The van der Waals surface area contributed by atoms with Crippen LogP contribution in [0.1, 0.15) is 24.0 Å². The van der Waals surface area contributed by atoms with Crippen molar-refractivity contribution in [1.29, 1.82) is 0 Å². The Morgan fingerprint density at radius 1 is 1.19 bits per heavy atom. The van der Waals surface area contributed by atoms with Gasteiger partial charge in [0.25, 0.3) is 5.91 Å². The highest BCUT2D eigenvalue weighted by Crippen LogP contribution is 2.18. The number of carboxylic acids is 1. The van der Waals surface area contributed by atoms with E-state index in [-0.39, 0.29) is 24.8 Å². The second-order valence-electron chi connectivity index (χ2n) is 6.11. The largest absolute Gasteiger partial charge is 0.481 e. The minimum absolute atomic E-state index is 0.0188. The van der Waals surface area contributed by atoms with Gasteiger partial charge in [-0.2, -0.15) is 0 Å². The van der Waals surface area contributed by atoms with Gasteiger partial charge in [-0.05, 0) is 43.0 Å². The van der Waals surface area contributed by atoms with Gasteiger partial charge in [0.1, 0.15) is 0 Å². The van der Waals surface area contributed by atoms with Crippen LogP contribution in [0.25, 0.3) is 0 Å². The van der Waals surface area contributed by atoms with Gasteiger partial charge in [-0.3, -0.25) is 9.59 Å². The summed E-state index contributed by atoms with van der Waals surface area (Å²) >= 11 is 0. The first kappa shape index (κ1) is 19.4. The number of nitrogens with one attached hydrogen (secondary N) is 1. The molecule has 0 bridgehead atoms. The quantitative estimate of drug-likeness (QED) is 0.721. The van der Waals surface area contributed by atoms with Crippen LogP contribution in [0.2, 0.25) is 0 Å². The van der Waals surface area contributed by atoms with Gasteiger partial charge in [0.2, 0.25) is 0 Å². The molecule has 0 saturated heterocycles. The summed E-state index contributed by atoms with van der Waals surface area (Å²) in [4.78, 5) is 23.0. The highest BCUT2D eigenvalue weighted by molar-refractivity contribution is 5.78. The summed E-state index contributed by atoms with van der Waals surface area (Å²) in [5, 5.41) is 11.7. The Bertz CT molecular complexity index is 749. The standard InChI is InChI=1S/C20H22FNO4/c1-14-7-9-17(21)18(11-14)26-13-19(23)22-16(8-10-20(24)25)12-15-5-3-2-4-6-15/h2-7,9,11,16H,8,10,12-13H2,1H3,(H,22,23)(H,24,25). The van der Waals surface area contributed by atoms with E-state index in [2.05, 4.69) is 5.32 Å². The Morgan fingerprint density at radius 3 is 2.62 bits per heavy atom. The van der Waals surface area contributed by atoms with E-state index in [1.165, 1.54) is 12.1 Å². The van der Waals surface area contributed by atoms with Crippen molar-refractivity contribution in [1.82, 2.24) is 5.32 Å². The molecule has 0 radical (unpaired) electrons. The number of carboxylic acid groups (broad SMARTS) is 1. The Morgan fingerprint density at radius 2 is 1.92 bits per heavy atom. The number of aryl methyl sites for hydroxylation is 1. The smallest absolute Gasteiger partial charge is 0.303 e. The summed E-state index contributed by atoms with van der Waals surface area (Å²) in [6, 6.07) is 13.6. The maximum absolute atomic E-state index is 13.7. The van der Waals surface area contributed by atoms with Crippen molar-refractivity contribution in [2.45, 2.75) is 32.2 Å². The monoisotopic (exact) mass is 359 g/mol. The molecule has 0 heterocycles. The van der Waals surface area contributed by atoms with E-state index >= 15 is 0 Å². The van der Waals surface area contributed by atoms with Crippen molar-refractivity contribution in [2.24, 2.45) is 0 Å². The average molecular weight is 359 g/mol. The third-order valence-corrected chi connectivity index (χ3v) is 3.84. The Hall–Kier alpha value is -2.89. The number of aliphatic carboxylic acids is 1. The number of carbonyl (C=O) groups excluding carboxylic acids is 1. The number of amides is 1. The molecule has 5 nitrogen and oxygen atoms in total. The van der Waals surface area contributed by atoms with Crippen LogP contribution < -0.4 is 10.1 Å². The topological polar surface area (TPSA) is 75.6 Å². The molecule has 2 aromatic rings. The van der Waals surface area contributed by atoms with Crippen LogP contribution in [0.4, 0.5) is 4.39 Å². The molecule has 138 valence electrons. The first-order valence-corrected chi connectivity index (χ1v) is 8.38. The SMILES string of the molecule is Cc1ccc(F)c(OCC(=O)NC(CCC(=O)O)Cc2ccccc2)c1. The number of hydrogen-bond donors (Lipinski definition) is 2. The number of benzene rings is 2. The van der Waals surface area contributed by atoms with Crippen molar-refractivity contribution < 1.29 is 23.8 Å². The summed E-state index contributed by atoms with van der Waals surface area (Å²) in [5.74, 6) is -1.85. The van der Waals surface area contributed by atoms with Gasteiger partial charge in [0.15, 0.2) is 18.2 Å². The predicted octanol–water partition coefficient (Wildman–Crippen LogP) is 3.11. The van der Waals surface area contributed by atoms with Crippen molar-refractivity contribution in [3.05, 3.63) is 65.5 Å². The summed E-state index contributed by atoms with van der Waals surface area (Å²) in [7, 11) is 0. The molecule has 0 aliphatic heterocycles. The van der Waals surface area contributed by atoms with E-state index in [0.717, 1.165) is 11.1 Å². The summed E-state index contributed by atoms with van der Waals surface area (Å²) in [5.41, 5.74) is 1.82. The first-order valence-electron chi connectivity index (χ1n) is 8.38. The molecule has 1 amide bonds. The molecule has 0 aromatic heterocycles. The van der Waals surface area contributed by atoms with Gasteiger partial charge in [0, 0.05) is 12.5 Å². The summed E-state index contributed by atoms with van der Waals surface area (Å²) in [6.07, 6.45) is 0.762. The maximum Gasteiger partial charge on any atom is 0.303 e. The number of halogens is 1. The molecule has 0 spiro atoms. The zero-order chi connectivity index (χ0) is 18.9. The van der Waals surface area contributed by atoms with Crippen LogP contribution in [0.15, 0.2) is 48.5 Å². The first-order chi connectivity index (χ1) is 12.4. The Labute approximate surface area is 151 Å². The minimum Gasteiger partial charge on any atom is -0.481 e. The van der Waals surface area contributed by atoms with E-state index in [1.54, 1.807) is 13.0 Å². The van der Waals surface area contributed by atoms with Gasteiger partial charge in [0.05, 0.1) is 0 Å². The van der Waals surface area contributed by atoms with Crippen LogP contribution in [0.3, 0.4) is 0 Å². The van der Waals surface area contributed by atoms with E-state index in [9.17, 15) is 14.0 Å². The third-order valence-electron chi connectivity index (χ3n) is 3.84. The van der Waals surface area contributed by atoms with Crippen molar-refractivity contribution >= 4 is 11.9 Å². The zero-order valence-electron chi connectivity index (χ0n) is 14.6. The van der Waals surface area contributed by atoms with Crippen LogP contribution in [-0.4, -0.2) is 29.6 Å². The zero-order valence-corrected chi connectivity index (χ0v) is 14.6. The molecule has 2 aromatic carbocycles. The van der Waals surface area contributed by atoms with Crippen LogP contribution in [-0.2, 0) is 16.0 Å². The summed E-state index contributed by atoms with van der Waals surface area (Å²) < 4.78 is 18.9. The Balaban J connectivity index is 1.93. The molecular weight excluding hydrogens is 337 g/mol. The minimum atomic E-state index is -0.921. The van der Waals surface area contributed by atoms with Gasteiger partial charge >= 0.3 is 5.97 Å². The fourth-order valence-electron chi connectivity index (χ4n) is 2.56. The molecule has 0 aliphatic carbocycles. The molecule has 26 heavy (non-hydrogen) atoms. The van der Waals surface area contributed by atoms with Crippen LogP contribution in [0, 0.1) is 12.7 Å². The van der Waals surface area contributed by atoms with E-state index in [1.807, 2.05) is 30.3 Å². The fourth-order valence-corrected chi connectivity index (χ4v) is 2.56. The van der Waals surface area contributed by atoms with E-state index in [4.69, 9.17) is 9.84 Å². The van der Waals surface area contributed by atoms with Crippen LogP contribution in [0.5, 0.6) is 5.75 Å². The third kappa shape index (κ3) is 6.55. The normalized spacial score (nSPS) is 11.6. The average Bonchev–Trinajstić information content (AvgIpc) is 2.61. The lowest BCUT2D eigenvalue weighted by molar-refractivity contribution is -0.137. The molecule has 0 fully saturated rings. The predicted molar refractivity (Wildman–Crippen MR) is 95.6 cm³/mol. The highest BCUT2D eigenvalue weighted by atomic mass is 19.1. The molecule has 2 N–H and O–H groups in total. The van der Waals surface area contributed by atoms with Gasteiger partial charge in [-0.1, -0.05) is 36.4 Å². The lowest BCUT2D eigenvalue weighted by atomic mass is 10.0. The van der Waals surface area contributed by atoms with Crippen molar-refractivity contribution in [3.8, 4) is 5.75 Å². The van der Waals surface area contributed by atoms with E-state index < -0.39 is 17.7 Å². The second-order valence-corrected chi connectivity index (χ2v) is 6.11. The van der Waals surface area contributed by atoms with Gasteiger partial charge in [-0.25, -0.2) is 4.39 Å². The lowest BCUT2D eigenvalue weighted by Gasteiger charge is -2.18. The number of carbonyl (C=O) groups is 2. The molecule has 6 heteroatoms. The molecule has 1 unspecified atom stereocenters. The summed E-state index contributed by atoms with van der Waals surface area (Å²) in [6.45, 7) is 1.47. The Kier molecular flexibility index (Phi) is 7.14. The lowest BCUT2D eigenvalue weighted by Crippen LogP contribution is -2.39. The van der Waals surface area contributed by atoms with Crippen molar-refractivity contribution in [3.63, 3.8) is 0 Å². The molecular formula is C20H22FNO4. The number of ether oxygens (including phenoxy) is 1. The van der Waals surface area contributed by atoms with E-state index in [0.29, 0.717) is 12.8 Å².